The quantitative estimate of drug-likeness (QED) is 0.0322. The highest BCUT2D eigenvalue weighted by Gasteiger charge is 2.24. The first-order valence-electron chi connectivity index (χ1n) is 25.6. The van der Waals surface area contributed by atoms with E-state index in [0.29, 0.717) is 19.3 Å². The Balaban J connectivity index is 4.62. The van der Waals surface area contributed by atoms with Crippen molar-refractivity contribution in [3.63, 3.8) is 0 Å². The van der Waals surface area contributed by atoms with E-state index >= 15 is 0 Å². The lowest BCUT2D eigenvalue weighted by Gasteiger charge is -2.24. The summed E-state index contributed by atoms with van der Waals surface area (Å²) in [6.07, 6.45) is 58.4. The number of amides is 1. The van der Waals surface area contributed by atoms with Gasteiger partial charge in [0.25, 0.3) is 0 Å². The SMILES string of the molecule is CC/C=C/C=C/C=C/CCCCCCCCCC(=O)OC(CCCCCC/C=C/C=C/CCCCC)CC(=O)NC(CO)C(O)CCCCCCCCCCCCCCC. The fraction of sp³-hybridized carbons (Fsp3) is 0.778. The summed E-state index contributed by atoms with van der Waals surface area (Å²) in [5.41, 5.74) is 0. The van der Waals surface area contributed by atoms with Crippen molar-refractivity contribution >= 4 is 11.9 Å². The highest BCUT2D eigenvalue weighted by Crippen LogP contribution is 2.18. The van der Waals surface area contributed by atoms with Gasteiger partial charge >= 0.3 is 5.97 Å². The molecule has 3 N–H and O–H groups in total. The fourth-order valence-corrected chi connectivity index (χ4v) is 7.54. The summed E-state index contributed by atoms with van der Waals surface area (Å²) in [5, 5.41) is 23.8. The van der Waals surface area contributed by atoms with Crippen LogP contribution in [0.1, 0.15) is 245 Å². The van der Waals surface area contributed by atoms with Crippen LogP contribution in [0.3, 0.4) is 0 Å². The smallest absolute Gasteiger partial charge is 0.306 e. The Kier molecular flexibility index (Phi) is 45.7. The molecule has 0 saturated heterocycles. The molecule has 0 fully saturated rings. The molecule has 0 rings (SSSR count). The number of carbonyl (C=O) groups is 2. The molecule has 0 aliphatic rings. The molecule has 0 heterocycles. The van der Waals surface area contributed by atoms with Crippen molar-refractivity contribution in [1.82, 2.24) is 5.32 Å². The molecule has 3 atom stereocenters. The molecule has 3 unspecified atom stereocenters. The Bertz CT molecular complexity index is 1080. The van der Waals surface area contributed by atoms with E-state index in [-0.39, 0.29) is 24.9 Å². The lowest BCUT2D eigenvalue weighted by Crippen LogP contribution is -2.46. The van der Waals surface area contributed by atoms with E-state index in [9.17, 15) is 19.8 Å². The number of allylic oxidation sites excluding steroid dienone is 10. The van der Waals surface area contributed by atoms with E-state index in [4.69, 9.17) is 4.74 Å². The molecule has 0 radical (unpaired) electrons. The second-order valence-electron chi connectivity index (χ2n) is 17.3. The van der Waals surface area contributed by atoms with Gasteiger partial charge in [-0.2, -0.15) is 0 Å². The molecular weight excluding hydrogens is 743 g/mol. The average molecular weight is 840 g/mol. The number of aliphatic hydroxyl groups excluding tert-OH is 2. The normalized spacial score (nSPS) is 13.8. The number of aliphatic hydroxyl groups is 2. The number of hydrogen-bond acceptors (Lipinski definition) is 5. The molecule has 0 saturated carbocycles. The zero-order chi connectivity index (χ0) is 43.8. The Morgan fingerprint density at radius 3 is 1.40 bits per heavy atom. The zero-order valence-corrected chi connectivity index (χ0v) is 39.6. The minimum Gasteiger partial charge on any atom is -0.462 e. The summed E-state index contributed by atoms with van der Waals surface area (Å²) in [4.78, 5) is 26.1. The van der Waals surface area contributed by atoms with Gasteiger partial charge in [-0.15, -0.1) is 0 Å². The van der Waals surface area contributed by atoms with Gasteiger partial charge in [0, 0.05) is 6.42 Å². The maximum absolute atomic E-state index is 13.2. The lowest BCUT2D eigenvalue weighted by molar-refractivity contribution is -0.151. The van der Waals surface area contributed by atoms with Crippen LogP contribution in [-0.2, 0) is 14.3 Å². The minimum atomic E-state index is -0.796. The summed E-state index contributed by atoms with van der Waals surface area (Å²) in [5.74, 6) is -0.506. The maximum Gasteiger partial charge on any atom is 0.306 e. The molecule has 348 valence electrons. The van der Waals surface area contributed by atoms with Crippen LogP contribution in [0.2, 0.25) is 0 Å². The summed E-state index contributed by atoms with van der Waals surface area (Å²) < 4.78 is 5.92. The average Bonchev–Trinajstić information content (AvgIpc) is 3.24. The topological polar surface area (TPSA) is 95.9 Å². The van der Waals surface area contributed by atoms with Crippen LogP contribution in [0.15, 0.2) is 60.8 Å². The van der Waals surface area contributed by atoms with Gasteiger partial charge in [0.1, 0.15) is 6.10 Å². The lowest BCUT2D eigenvalue weighted by atomic mass is 10.0. The van der Waals surface area contributed by atoms with Gasteiger partial charge in [0.05, 0.1) is 25.2 Å². The Hall–Kier alpha value is -2.44. The Morgan fingerprint density at radius 2 is 0.900 bits per heavy atom. The second-order valence-corrected chi connectivity index (χ2v) is 17.3. The monoisotopic (exact) mass is 840 g/mol. The molecule has 6 nitrogen and oxygen atoms in total. The van der Waals surface area contributed by atoms with Gasteiger partial charge < -0.3 is 20.3 Å². The first-order chi connectivity index (χ1) is 29.5. The van der Waals surface area contributed by atoms with Gasteiger partial charge in [0.2, 0.25) is 5.91 Å². The largest absolute Gasteiger partial charge is 0.462 e. The number of nitrogens with one attached hydrogen (secondary N) is 1. The van der Waals surface area contributed by atoms with Crippen molar-refractivity contribution in [3.8, 4) is 0 Å². The molecule has 0 aliphatic heterocycles. The van der Waals surface area contributed by atoms with E-state index in [2.05, 4.69) is 86.8 Å². The Labute approximate surface area is 371 Å². The summed E-state index contributed by atoms with van der Waals surface area (Å²) in [7, 11) is 0. The first-order valence-corrected chi connectivity index (χ1v) is 25.6. The van der Waals surface area contributed by atoms with E-state index in [1.54, 1.807) is 0 Å². The van der Waals surface area contributed by atoms with E-state index < -0.39 is 18.2 Å². The van der Waals surface area contributed by atoms with Gasteiger partial charge in [0.15, 0.2) is 0 Å². The minimum absolute atomic E-state index is 0.0579. The molecule has 0 aromatic rings. The van der Waals surface area contributed by atoms with Crippen LogP contribution in [0.5, 0.6) is 0 Å². The zero-order valence-electron chi connectivity index (χ0n) is 39.6. The third kappa shape index (κ3) is 42.3. The van der Waals surface area contributed by atoms with Crippen LogP contribution in [0.25, 0.3) is 0 Å². The number of unbranched alkanes of at least 4 members (excludes halogenated alkanes) is 26. The van der Waals surface area contributed by atoms with Crippen molar-refractivity contribution in [2.24, 2.45) is 0 Å². The number of esters is 1. The standard InChI is InChI=1S/C54H97NO5/c1-4-7-10-13-16-19-22-25-26-29-32-35-38-41-44-47-54(59)60-50(45-42-39-36-33-30-27-23-20-17-14-11-8-5-2)48-53(58)55-51(49-56)52(57)46-43-40-37-34-31-28-24-21-18-15-12-9-6-3/h7,10,13,16-17,19-20,22-23,27,50-52,56-57H,4-6,8-9,11-12,14-15,18,21,24-26,28-49H2,1-3H3,(H,55,58)/b10-7+,16-13+,20-17+,22-19+,27-23+. The van der Waals surface area contributed by atoms with Crippen LogP contribution in [0.4, 0.5) is 0 Å². The van der Waals surface area contributed by atoms with Crippen molar-refractivity contribution in [2.75, 3.05) is 6.61 Å². The Morgan fingerprint density at radius 1 is 0.500 bits per heavy atom. The van der Waals surface area contributed by atoms with Crippen molar-refractivity contribution in [3.05, 3.63) is 60.8 Å². The summed E-state index contributed by atoms with van der Waals surface area (Å²) in [6.45, 7) is 6.32. The molecule has 0 bridgehead atoms. The van der Waals surface area contributed by atoms with Crippen LogP contribution in [-0.4, -0.2) is 46.9 Å². The molecule has 60 heavy (non-hydrogen) atoms. The molecule has 6 heteroatoms. The highest BCUT2D eigenvalue weighted by atomic mass is 16.5. The van der Waals surface area contributed by atoms with Gasteiger partial charge in [-0.3, -0.25) is 9.59 Å². The second kappa shape index (κ2) is 47.6. The summed E-state index contributed by atoms with van der Waals surface area (Å²) in [6, 6.07) is -0.711. The van der Waals surface area contributed by atoms with Crippen molar-refractivity contribution < 1.29 is 24.5 Å². The third-order valence-corrected chi connectivity index (χ3v) is 11.4. The van der Waals surface area contributed by atoms with E-state index in [0.717, 1.165) is 89.9 Å². The van der Waals surface area contributed by atoms with Crippen LogP contribution < -0.4 is 5.32 Å². The molecule has 0 aliphatic carbocycles. The highest BCUT2D eigenvalue weighted by molar-refractivity contribution is 5.77. The van der Waals surface area contributed by atoms with Gasteiger partial charge in [-0.25, -0.2) is 0 Å². The predicted octanol–water partition coefficient (Wildman–Crippen LogP) is 15.2. The van der Waals surface area contributed by atoms with Crippen molar-refractivity contribution in [2.45, 2.75) is 264 Å². The van der Waals surface area contributed by atoms with E-state index in [1.165, 1.54) is 109 Å². The van der Waals surface area contributed by atoms with Gasteiger partial charge in [-0.05, 0) is 70.6 Å². The van der Waals surface area contributed by atoms with E-state index in [1.807, 2.05) is 0 Å². The van der Waals surface area contributed by atoms with Gasteiger partial charge in [-0.1, -0.05) is 223 Å². The van der Waals surface area contributed by atoms with Crippen LogP contribution >= 0.6 is 0 Å². The first kappa shape index (κ1) is 57.6. The molecule has 0 aromatic heterocycles. The number of hydrogen-bond donors (Lipinski definition) is 3. The summed E-state index contributed by atoms with van der Waals surface area (Å²) >= 11 is 0. The third-order valence-electron chi connectivity index (χ3n) is 11.4. The van der Waals surface area contributed by atoms with Crippen molar-refractivity contribution in [1.29, 1.82) is 0 Å². The molecule has 1 amide bonds. The van der Waals surface area contributed by atoms with Crippen LogP contribution in [0, 0.1) is 0 Å². The molecule has 0 spiro atoms. The molecule has 0 aromatic carbocycles. The number of carbonyl (C=O) groups excluding carboxylic acids is 2. The number of ether oxygens (including phenoxy) is 1. The predicted molar refractivity (Wildman–Crippen MR) is 259 cm³/mol. The maximum atomic E-state index is 13.2. The molecular formula is C54H97NO5. The number of rotatable bonds is 45. The fourth-order valence-electron chi connectivity index (χ4n) is 7.54.